The molecule has 0 unspecified atom stereocenters. The first-order valence-corrected chi connectivity index (χ1v) is 7.81. The number of benzene rings is 2. The number of hydrogen-bond acceptors (Lipinski definition) is 5. The number of alkyl halides is 3. The molecule has 0 fully saturated rings. The van der Waals surface area contributed by atoms with Gasteiger partial charge in [0.15, 0.2) is 5.69 Å². The Bertz CT molecular complexity index is 1150. The quantitative estimate of drug-likeness (QED) is 0.545. The zero-order chi connectivity index (χ0) is 19.0. The monoisotopic (exact) mass is 369 g/mol. The van der Waals surface area contributed by atoms with E-state index in [0.29, 0.717) is 17.8 Å². The minimum Gasteiger partial charge on any atom is -0.329 e. The van der Waals surface area contributed by atoms with Crippen molar-refractivity contribution in [3.05, 3.63) is 65.7 Å². The molecule has 0 bridgehead atoms. The van der Waals surface area contributed by atoms with Gasteiger partial charge >= 0.3 is 12.1 Å². The number of rotatable bonds is 3. The van der Waals surface area contributed by atoms with Crippen LogP contribution in [0.1, 0.15) is 17.1 Å². The van der Waals surface area contributed by atoms with Gasteiger partial charge in [-0.05, 0) is 17.7 Å². The second kappa shape index (κ2) is 6.25. The van der Waals surface area contributed by atoms with Gasteiger partial charge in [-0.15, -0.1) is 0 Å². The maximum absolute atomic E-state index is 12.6. The summed E-state index contributed by atoms with van der Waals surface area (Å²) in [6, 6.07) is 16.2. The molecule has 0 aliphatic heterocycles. The lowest BCUT2D eigenvalue weighted by atomic mass is 10.1. The third kappa shape index (κ3) is 3.13. The van der Waals surface area contributed by atoms with Crippen LogP contribution in [0, 0.1) is 11.3 Å². The van der Waals surface area contributed by atoms with E-state index in [1.165, 1.54) is 0 Å². The van der Waals surface area contributed by atoms with Crippen LogP contribution >= 0.6 is 0 Å². The van der Waals surface area contributed by atoms with Crippen LogP contribution in [-0.4, -0.2) is 19.9 Å². The molecule has 2 heterocycles. The van der Waals surface area contributed by atoms with E-state index in [0.717, 1.165) is 16.5 Å². The van der Waals surface area contributed by atoms with Crippen molar-refractivity contribution in [2.75, 3.05) is 0 Å². The molecule has 2 aromatic carbocycles. The van der Waals surface area contributed by atoms with E-state index in [2.05, 4.69) is 25.8 Å². The third-order valence-electron chi connectivity index (χ3n) is 3.98. The van der Waals surface area contributed by atoms with Crippen molar-refractivity contribution in [3.8, 4) is 17.5 Å². The Morgan fingerprint density at radius 2 is 1.81 bits per heavy atom. The van der Waals surface area contributed by atoms with Crippen LogP contribution in [0.5, 0.6) is 0 Å². The molecule has 4 rings (SSSR count). The van der Waals surface area contributed by atoms with Crippen molar-refractivity contribution in [2.45, 2.75) is 12.7 Å². The summed E-state index contributed by atoms with van der Waals surface area (Å²) in [5.41, 5.74) is 2.43. The van der Waals surface area contributed by atoms with Crippen molar-refractivity contribution in [1.82, 2.24) is 19.9 Å². The number of para-hydroxylation sites is 1. The molecule has 0 aliphatic carbocycles. The van der Waals surface area contributed by atoms with Gasteiger partial charge in [0.1, 0.15) is 6.07 Å². The Labute approximate surface area is 150 Å². The normalized spacial score (nSPS) is 11.6. The van der Waals surface area contributed by atoms with E-state index >= 15 is 0 Å². The summed E-state index contributed by atoms with van der Waals surface area (Å²) in [5.74, 6) is -1.51. The Kier molecular flexibility index (Phi) is 3.88. The fraction of sp³-hybridized carbons (Fsp3) is 0.111. The van der Waals surface area contributed by atoms with Crippen LogP contribution in [0.25, 0.3) is 22.3 Å². The number of fused-ring (bicyclic) bond motifs is 1. The summed E-state index contributed by atoms with van der Waals surface area (Å²) in [5, 5.41) is 17.6. The highest BCUT2D eigenvalue weighted by atomic mass is 19.4. The number of aromatic nitrogens is 4. The fourth-order valence-corrected chi connectivity index (χ4v) is 2.72. The average molecular weight is 369 g/mol. The van der Waals surface area contributed by atoms with Gasteiger partial charge in [-0.2, -0.15) is 28.5 Å². The standard InChI is InChI=1S/C18H10F3N5O/c19-18(20,21)17-23-16(25-27-17)12-7-5-11(6-8-12)10-26-15-4-2-1-3-13(15)14(9-22)24-26/h1-8H,10H2. The smallest absolute Gasteiger partial charge is 0.329 e. The maximum Gasteiger partial charge on any atom is 0.471 e. The fourth-order valence-electron chi connectivity index (χ4n) is 2.72. The predicted molar refractivity (Wildman–Crippen MR) is 88.3 cm³/mol. The molecule has 134 valence electrons. The second-order valence-corrected chi connectivity index (χ2v) is 5.75. The summed E-state index contributed by atoms with van der Waals surface area (Å²) in [6.45, 7) is 0.405. The van der Waals surface area contributed by atoms with Gasteiger partial charge < -0.3 is 4.52 Å². The van der Waals surface area contributed by atoms with Gasteiger partial charge in [-0.3, -0.25) is 4.68 Å². The highest BCUT2D eigenvalue weighted by Gasteiger charge is 2.38. The SMILES string of the molecule is N#Cc1nn(Cc2ccc(-c3noc(C(F)(F)F)n3)cc2)c2ccccc12. The van der Waals surface area contributed by atoms with Crippen molar-refractivity contribution in [1.29, 1.82) is 5.26 Å². The maximum atomic E-state index is 12.6. The van der Waals surface area contributed by atoms with Crippen LogP contribution in [0.3, 0.4) is 0 Å². The predicted octanol–water partition coefficient (Wildman–Crippen LogP) is 4.03. The number of nitrogens with zero attached hydrogens (tertiary/aromatic N) is 5. The molecule has 6 nitrogen and oxygen atoms in total. The molecule has 9 heteroatoms. The molecule has 0 N–H and O–H groups in total. The molecular weight excluding hydrogens is 359 g/mol. The minimum absolute atomic E-state index is 0.134. The second-order valence-electron chi connectivity index (χ2n) is 5.75. The number of hydrogen-bond donors (Lipinski definition) is 0. The van der Waals surface area contributed by atoms with E-state index in [1.54, 1.807) is 28.9 Å². The number of nitriles is 1. The Balaban J connectivity index is 1.61. The zero-order valence-electron chi connectivity index (χ0n) is 13.6. The van der Waals surface area contributed by atoms with Gasteiger partial charge in [-0.1, -0.05) is 41.6 Å². The molecule has 0 atom stereocenters. The van der Waals surface area contributed by atoms with Gasteiger partial charge in [0, 0.05) is 10.9 Å². The topological polar surface area (TPSA) is 80.5 Å². The van der Waals surface area contributed by atoms with Gasteiger partial charge in [-0.25, -0.2) is 0 Å². The first-order chi connectivity index (χ1) is 13.0. The minimum atomic E-state index is -4.68. The molecule has 27 heavy (non-hydrogen) atoms. The molecule has 0 aliphatic rings. The molecule has 0 radical (unpaired) electrons. The Morgan fingerprint density at radius 3 is 2.48 bits per heavy atom. The van der Waals surface area contributed by atoms with Gasteiger partial charge in [0.2, 0.25) is 5.82 Å². The molecule has 0 saturated carbocycles. The van der Waals surface area contributed by atoms with Crippen LogP contribution in [0.2, 0.25) is 0 Å². The van der Waals surface area contributed by atoms with Crippen molar-refractivity contribution >= 4 is 10.9 Å². The van der Waals surface area contributed by atoms with E-state index in [1.807, 2.05) is 24.3 Å². The van der Waals surface area contributed by atoms with Gasteiger partial charge in [0.05, 0.1) is 12.1 Å². The first-order valence-electron chi connectivity index (χ1n) is 7.81. The first kappa shape index (κ1) is 16.8. The average Bonchev–Trinajstić information content (AvgIpc) is 3.28. The molecule has 4 aromatic rings. The molecule has 0 saturated heterocycles. The lowest BCUT2D eigenvalue weighted by molar-refractivity contribution is -0.159. The van der Waals surface area contributed by atoms with E-state index in [4.69, 9.17) is 0 Å². The molecule has 0 amide bonds. The van der Waals surface area contributed by atoms with Crippen LogP contribution in [0.15, 0.2) is 53.1 Å². The molecular formula is C18H10F3N5O. The summed E-state index contributed by atoms with van der Waals surface area (Å²) in [6.07, 6.45) is -4.68. The Hall–Kier alpha value is -3.67. The number of halogens is 3. The third-order valence-corrected chi connectivity index (χ3v) is 3.98. The van der Waals surface area contributed by atoms with Crippen molar-refractivity contribution < 1.29 is 17.7 Å². The van der Waals surface area contributed by atoms with E-state index in [-0.39, 0.29) is 5.82 Å². The summed E-state index contributed by atoms with van der Waals surface area (Å²) in [4.78, 5) is 3.36. The van der Waals surface area contributed by atoms with E-state index in [9.17, 15) is 18.4 Å². The van der Waals surface area contributed by atoms with Crippen LogP contribution < -0.4 is 0 Å². The summed E-state index contributed by atoms with van der Waals surface area (Å²) < 4.78 is 43.6. The largest absolute Gasteiger partial charge is 0.471 e. The molecule has 2 aromatic heterocycles. The molecule has 0 spiro atoms. The zero-order valence-corrected chi connectivity index (χ0v) is 13.6. The van der Waals surface area contributed by atoms with Crippen LogP contribution in [0.4, 0.5) is 13.2 Å². The van der Waals surface area contributed by atoms with Crippen molar-refractivity contribution in [2.24, 2.45) is 0 Å². The van der Waals surface area contributed by atoms with Crippen LogP contribution in [-0.2, 0) is 12.7 Å². The Morgan fingerprint density at radius 1 is 1.07 bits per heavy atom. The van der Waals surface area contributed by atoms with Gasteiger partial charge in [0.25, 0.3) is 0 Å². The highest BCUT2D eigenvalue weighted by molar-refractivity contribution is 5.84. The highest BCUT2D eigenvalue weighted by Crippen LogP contribution is 2.29. The lowest BCUT2D eigenvalue weighted by Crippen LogP contribution is -2.04. The lowest BCUT2D eigenvalue weighted by Gasteiger charge is -2.04. The van der Waals surface area contributed by atoms with Crippen molar-refractivity contribution in [3.63, 3.8) is 0 Å². The summed E-state index contributed by atoms with van der Waals surface area (Å²) >= 11 is 0. The van der Waals surface area contributed by atoms with E-state index < -0.39 is 12.1 Å². The summed E-state index contributed by atoms with van der Waals surface area (Å²) in [7, 11) is 0.